The first-order valence-electron chi connectivity index (χ1n) is 14.7. The predicted octanol–water partition coefficient (Wildman–Crippen LogP) is 5.23. The summed E-state index contributed by atoms with van der Waals surface area (Å²) >= 11 is 0. The third kappa shape index (κ3) is 8.70. The van der Waals surface area contributed by atoms with E-state index in [4.69, 9.17) is 5.11 Å². The van der Waals surface area contributed by atoms with Gasteiger partial charge >= 0.3 is 0 Å². The number of carbonyl (C=O) groups excluding carboxylic acids is 1. The topological polar surface area (TPSA) is 107 Å². The van der Waals surface area contributed by atoms with Gasteiger partial charge in [0.1, 0.15) is 5.82 Å². The van der Waals surface area contributed by atoms with Gasteiger partial charge in [0, 0.05) is 18.8 Å². The minimum absolute atomic E-state index is 0.0120. The number of nitrogens with zero attached hydrogens (tertiary/aromatic N) is 1. The molecule has 7 nitrogen and oxygen atoms in total. The molecule has 3 N–H and O–H groups in total. The van der Waals surface area contributed by atoms with Crippen LogP contribution in [0.15, 0.2) is 72.8 Å². The van der Waals surface area contributed by atoms with Gasteiger partial charge in [-0.05, 0) is 97.9 Å². The number of sulfonamides is 1. The van der Waals surface area contributed by atoms with Crippen LogP contribution in [0.2, 0.25) is 0 Å². The second kappa shape index (κ2) is 14.9. The summed E-state index contributed by atoms with van der Waals surface area (Å²) in [5.74, 6) is -0.633. The largest absolute Gasteiger partial charge is 0.396 e. The molecule has 4 rings (SSSR count). The zero-order chi connectivity index (χ0) is 30.1. The van der Waals surface area contributed by atoms with Crippen LogP contribution < -0.4 is 9.62 Å². The van der Waals surface area contributed by atoms with Crippen LogP contribution in [0.25, 0.3) is 0 Å². The summed E-state index contributed by atoms with van der Waals surface area (Å²) in [7, 11) is -3.18. The highest BCUT2D eigenvalue weighted by atomic mass is 32.2. The van der Waals surface area contributed by atoms with Crippen molar-refractivity contribution in [2.45, 2.75) is 63.5 Å². The Kier molecular flexibility index (Phi) is 11.3. The number of halogens is 1. The molecule has 0 spiro atoms. The maximum absolute atomic E-state index is 13.5. The van der Waals surface area contributed by atoms with Crippen molar-refractivity contribution in [1.82, 2.24) is 4.72 Å². The normalized spacial score (nSPS) is 17.7. The second-order valence-electron chi connectivity index (χ2n) is 11.1. The minimum atomic E-state index is -3.18. The summed E-state index contributed by atoms with van der Waals surface area (Å²) in [4.78, 5) is 15.3. The number of benzene rings is 3. The average Bonchev–Trinajstić information content (AvgIpc) is 2.97. The molecule has 1 fully saturated rings. The Hall–Kier alpha value is -3.11. The number of aryl methyl sites for hydroxylation is 2. The average molecular weight is 597 g/mol. The second-order valence-corrected chi connectivity index (χ2v) is 12.9. The molecule has 1 saturated heterocycles. The molecule has 0 unspecified atom stereocenters. The fourth-order valence-corrected chi connectivity index (χ4v) is 6.06. The lowest BCUT2D eigenvalue weighted by Crippen LogP contribution is -2.55. The Bertz CT molecular complexity index is 1400. The van der Waals surface area contributed by atoms with E-state index in [0.717, 1.165) is 61.6 Å². The van der Waals surface area contributed by atoms with Gasteiger partial charge in [0.25, 0.3) is 0 Å². The van der Waals surface area contributed by atoms with Crippen molar-refractivity contribution >= 4 is 21.6 Å². The zero-order valence-electron chi connectivity index (χ0n) is 24.1. The lowest BCUT2D eigenvalue weighted by atomic mass is 9.78. The SMILES string of the molecule is CS(=O)(=O)NCCCCc1ccc(N2C(=O)[C@H](CC[C@H](O)c3ccc(F)cc3)[C@H]2c2ccc(CCCCO)cc2)cc1. The Morgan fingerprint density at radius 3 is 2.07 bits per heavy atom. The van der Waals surface area contributed by atoms with Crippen LogP contribution in [-0.2, 0) is 27.7 Å². The molecule has 1 aliphatic heterocycles. The number of aliphatic hydroxyl groups is 2. The summed E-state index contributed by atoms with van der Waals surface area (Å²) in [6.07, 6.45) is 6.20. The number of carbonyl (C=O) groups is 1. The first-order valence-corrected chi connectivity index (χ1v) is 16.6. The predicted molar refractivity (Wildman–Crippen MR) is 163 cm³/mol. The molecule has 0 aromatic heterocycles. The van der Waals surface area contributed by atoms with Crippen molar-refractivity contribution in [2.75, 3.05) is 24.3 Å². The van der Waals surface area contributed by atoms with E-state index in [2.05, 4.69) is 29.0 Å². The maximum atomic E-state index is 13.5. The minimum Gasteiger partial charge on any atom is -0.396 e. The van der Waals surface area contributed by atoms with Gasteiger partial charge in [-0.1, -0.05) is 48.5 Å². The highest BCUT2D eigenvalue weighted by Crippen LogP contribution is 2.46. The van der Waals surface area contributed by atoms with Crippen LogP contribution in [0.1, 0.15) is 72.9 Å². The number of nitrogens with one attached hydrogen (secondary N) is 1. The van der Waals surface area contributed by atoms with E-state index in [0.29, 0.717) is 24.9 Å². The number of rotatable bonds is 16. The Morgan fingerprint density at radius 1 is 0.881 bits per heavy atom. The van der Waals surface area contributed by atoms with Crippen LogP contribution in [0.5, 0.6) is 0 Å². The van der Waals surface area contributed by atoms with E-state index in [1.54, 1.807) is 12.1 Å². The van der Waals surface area contributed by atoms with Gasteiger partial charge in [0.15, 0.2) is 0 Å². The van der Waals surface area contributed by atoms with Crippen molar-refractivity contribution in [1.29, 1.82) is 0 Å². The molecule has 0 radical (unpaired) electrons. The number of hydrogen-bond donors (Lipinski definition) is 3. The molecule has 0 saturated carbocycles. The highest BCUT2D eigenvalue weighted by molar-refractivity contribution is 7.88. The van der Waals surface area contributed by atoms with Gasteiger partial charge in [-0.3, -0.25) is 4.79 Å². The number of β-lactam (4-membered cyclic amide) rings is 1. The van der Waals surface area contributed by atoms with E-state index in [1.165, 1.54) is 17.7 Å². The third-order valence-electron chi connectivity index (χ3n) is 7.89. The van der Waals surface area contributed by atoms with Gasteiger partial charge < -0.3 is 15.1 Å². The van der Waals surface area contributed by atoms with Gasteiger partial charge in [0.2, 0.25) is 15.9 Å². The molecule has 226 valence electrons. The van der Waals surface area contributed by atoms with E-state index in [1.807, 2.05) is 29.2 Å². The lowest BCUT2D eigenvalue weighted by molar-refractivity contribution is -0.131. The Labute approximate surface area is 248 Å². The lowest BCUT2D eigenvalue weighted by Gasteiger charge is -2.48. The van der Waals surface area contributed by atoms with Crippen LogP contribution >= 0.6 is 0 Å². The molecule has 0 aliphatic carbocycles. The first-order chi connectivity index (χ1) is 20.2. The summed E-state index contributed by atoms with van der Waals surface area (Å²) in [5.41, 5.74) is 4.78. The fraction of sp³-hybridized carbons (Fsp3) is 0.424. The number of anilines is 1. The van der Waals surface area contributed by atoms with Crippen LogP contribution in [0, 0.1) is 11.7 Å². The molecular weight excluding hydrogens is 555 g/mol. The monoisotopic (exact) mass is 596 g/mol. The molecule has 42 heavy (non-hydrogen) atoms. The van der Waals surface area contributed by atoms with Crippen molar-refractivity contribution in [3.63, 3.8) is 0 Å². The summed E-state index contributed by atoms with van der Waals surface area (Å²) in [5, 5.41) is 19.8. The van der Waals surface area contributed by atoms with Gasteiger partial charge in [-0.25, -0.2) is 17.5 Å². The summed E-state index contributed by atoms with van der Waals surface area (Å²) in [6, 6.07) is 21.9. The number of hydrogen-bond acceptors (Lipinski definition) is 5. The van der Waals surface area contributed by atoms with Gasteiger partial charge in [-0.15, -0.1) is 0 Å². The van der Waals surface area contributed by atoms with E-state index in [-0.39, 0.29) is 30.3 Å². The standard InChI is InChI=1S/C33H41FN2O5S/c1-42(40,41)35-22-4-2-6-25-10-18-29(19-11-25)36-32(27-12-8-24(9-13-27)7-3-5-23-37)30(33(36)39)20-21-31(38)26-14-16-28(34)17-15-26/h8-19,30-32,35,37-38H,2-7,20-23H2,1H3/t30-,31+,32-/m1/s1. The molecule has 1 amide bonds. The molecule has 3 aromatic rings. The summed E-state index contributed by atoms with van der Waals surface area (Å²) in [6.45, 7) is 0.597. The van der Waals surface area contributed by atoms with Crippen molar-refractivity contribution < 1.29 is 27.8 Å². The molecule has 1 heterocycles. The summed E-state index contributed by atoms with van der Waals surface area (Å²) < 4.78 is 38.3. The van der Waals surface area contributed by atoms with Crippen molar-refractivity contribution in [3.05, 3.63) is 101 Å². The molecule has 0 bridgehead atoms. The number of aliphatic hydroxyl groups excluding tert-OH is 2. The molecule has 9 heteroatoms. The quantitative estimate of drug-likeness (QED) is 0.155. The smallest absolute Gasteiger partial charge is 0.233 e. The van der Waals surface area contributed by atoms with Crippen LogP contribution in [-0.4, -0.2) is 43.9 Å². The fourth-order valence-electron chi connectivity index (χ4n) is 5.55. The number of amides is 1. The number of unbranched alkanes of at least 4 members (excludes halogenated alkanes) is 2. The van der Waals surface area contributed by atoms with Gasteiger partial charge in [0.05, 0.1) is 24.3 Å². The Morgan fingerprint density at radius 2 is 1.48 bits per heavy atom. The molecule has 3 aromatic carbocycles. The van der Waals surface area contributed by atoms with E-state index in [9.17, 15) is 22.7 Å². The van der Waals surface area contributed by atoms with E-state index < -0.39 is 16.1 Å². The van der Waals surface area contributed by atoms with E-state index >= 15 is 0 Å². The molecular formula is C33H41FN2O5S. The third-order valence-corrected chi connectivity index (χ3v) is 8.61. The Balaban J connectivity index is 1.44. The molecule has 1 aliphatic rings. The maximum Gasteiger partial charge on any atom is 0.233 e. The van der Waals surface area contributed by atoms with Crippen molar-refractivity contribution in [3.8, 4) is 0 Å². The van der Waals surface area contributed by atoms with Gasteiger partial charge in [-0.2, -0.15) is 0 Å². The van der Waals surface area contributed by atoms with Crippen molar-refractivity contribution in [2.24, 2.45) is 5.92 Å². The first kappa shape index (κ1) is 31.8. The van der Waals surface area contributed by atoms with Crippen LogP contribution in [0.3, 0.4) is 0 Å². The zero-order valence-corrected chi connectivity index (χ0v) is 24.9. The van der Waals surface area contributed by atoms with Crippen LogP contribution in [0.4, 0.5) is 10.1 Å². The highest BCUT2D eigenvalue weighted by Gasteiger charge is 2.48. The molecule has 3 atom stereocenters.